The highest BCUT2D eigenvalue weighted by atomic mass is 35.5. The number of hydrogen-bond acceptors (Lipinski definition) is 5. The Kier molecular flexibility index (Phi) is 5.82. The van der Waals surface area contributed by atoms with E-state index in [9.17, 15) is 4.79 Å². The molecule has 0 amide bonds. The van der Waals surface area contributed by atoms with Crippen molar-refractivity contribution in [3.63, 3.8) is 0 Å². The van der Waals surface area contributed by atoms with Gasteiger partial charge in [0.05, 0.1) is 7.11 Å². The molecule has 6 heteroatoms. The molecule has 150 valence electrons. The number of hydrogen-bond donors (Lipinski definition) is 0. The van der Waals surface area contributed by atoms with Crippen molar-refractivity contribution in [1.29, 1.82) is 0 Å². The van der Waals surface area contributed by atoms with E-state index in [0.29, 0.717) is 28.7 Å². The molecule has 30 heavy (non-hydrogen) atoms. The zero-order valence-electron chi connectivity index (χ0n) is 16.2. The third-order valence-corrected chi connectivity index (χ3v) is 4.67. The van der Waals surface area contributed by atoms with Gasteiger partial charge in [0.15, 0.2) is 5.70 Å². The molecule has 0 saturated carbocycles. The van der Waals surface area contributed by atoms with E-state index >= 15 is 0 Å². The number of ether oxygens (including phenoxy) is 3. The van der Waals surface area contributed by atoms with Crippen LogP contribution in [0.5, 0.6) is 11.5 Å². The van der Waals surface area contributed by atoms with Crippen molar-refractivity contribution >= 4 is 29.5 Å². The van der Waals surface area contributed by atoms with Gasteiger partial charge in [-0.15, -0.1) is 0 Å². The lowest BCUT2D eigenvalue weighted by molar-refractivity contribution is -0.129. The van der Waals surface area contributed by atoms with E-state index in [0.717, 1.165) is 11.1 Å². The summed E-state index contributed by atoms with van der Waals surface area (Å²) in [5, 5.41) is 0.685. The second-order valence-corrected chi connectivity index (χ2v) is 6.99. The summed E-state index contributed by atoms with van der Waals surface area (Å²) < 4.78 is 16.4. The van der Waals surface area contributed by atoms with Gasteiger partial charge in [-0.25, -0.2) is 9.79 Å². The molecule has 0 aromatic heterocycles. The first-order valence-corrected chi connectivity index (χ1v) is 9.63. The molecule has 5 nitrogen and oxygen atoms in total. The molecule has 0 aliphatic carbocycles. The van der Waals surface area contributed by atoms with Crippen molar-refractivity contribution in [3.8, 4) is 11.5 Å². The molecular formula is C24H18ClNO4. The van der Waals surface area contributed by atoms with E-state index in [1.165, 1.54) is 0 Å². The van der Waals surface area contributed by atoms with Crippen molar-refractivity contribution in [3.05, 3.63) is 100 Å². The van der Waals surface area contributed by atoms with Gasteiger partial charge in [0.1, 0.15) is 18.1 Å². The zero-order chi connectivity index (χ0) is 20.9. The van der Waals surface area contributed by atoms with Crippen molar-refractivity contribution in [1.82, 2.24) is 0 Å². The number of esters is 1. The number of carbonyl (C=O) groups excluding carboxylic acids is 1. The average Bonchev–Trinajstić information content (AvgIpc) is 3.14. The van der Waals surface area contributed by atoms with Gasteiger partial charge in [-0.05, 0) is 59.7 Å². The van der Waals surface area contributed by atoms with Crippen molar-refractivity contribution < 1.29 is 19.0 Å². The maximum absolute atomic E-state index is 12.3. The Labute approximate surface area is 179 Å². The van der Waals surface area contributed by atoms with E-state index in [2.05, 4.69) is 4.99 Å². The van der Waals surface area contributed by atoms with Crippen LogP contribution in [-0.2, 0) is 16.1 Å². The Morgan fingerprint density at radius 2 is 1.77 bits per heavy atom. The monoisotopic (exact) mass is 419 g/mol. The number of carbonyl (C=O) groups is 1. The van der Waals surface area contributed by atoms with Crippen molar-refractivity contribution in [2.24, 2.45) is 4.99 Å². The molecule has 0 radical (unpaired) electrons. The number of aliphatic imine (C=N–C) groups is 1. The number of halogens is 1. The molecule has 0 spiro atoms. The molecule has 1 aliphatic heterocycles. The van der Waals surface area contributed by atoms with Crippen molar-refractivity contribution in [2.45, 2.75) is 6.61 Å². The lowest BCUT2D eigenvalue weighted by atomic mass is 10.2. The van der Waals surface area contributed by atoms with Gasteiger partial charge >= 0.3 is 5.97 Å². The zero-order valence-corrected chi connectivity index (χ0v) is 16.9. The first kappa shape index (κ1) is 19.7. The van der Waals surface area contributed by atoms with Crippen LogP contribution in [0.3, 0.4) is 0 Å². The van der Waals surface area contributed by atoms with Crippen LogP contribution in [0.25, 0.3) is 6.08 Å². The fourth-order valence-electron chi connectivity index (χ4n) is 2.89. The largest absolute Gasteiger partial charge is 0.497 e. The minimum atomic E-state index is -0.500. The van der Waals surface area contributed by atoms with E-state index < -0.39 is 5.97 Å². The predicted molar refractivity (Wildman–Crippen MR) is 116 cm³/mol. The SMILES string of the molecule is COc1cccc(C2=N/C(=C\c3cccc(OCc4ccc(Cl)cc4)c3)C(=O)O2)c1. The Morgan fingerprint density at radius 1 is 1.00 bits per heavy atom. The van der Waals surface area contributed by atoms with Gasteiger partial charge in [-0.1, -0.05) is 41.9 Å². The molecule has 0 fully saturated rings. The fraction of sp³-hybridized carbons (Fsp3) is 0.0833. The van der Waals surface area contributed by atoms with Crippen molar-refractivity contribution in [2.75, 3.05) is 7.11 Å². The standard InChI is InChI=1S/C24H18ClNO4/c1-28-20-6-3-5-18(14-20)23-26-22(24(27)30-23)13-17-4-2-7-21(12-17)29-15-16-8-10-19(25)11-9-16/h2-14H,15H2,1H3/b22-13-. The highest BCUT2D eigenvalue weighted by molar-refractivity contribution is 6.30. The fourth-order valence-corrected chi connectivity index (χ4v) is 3.01. The first-order chi connectivity index (χ1) is 14.6. The maximum Gasteiger partial charge on any atom is 0.363 e. The highest BCUT2D eigenvalue weighted by Crippen LogP contribution is 2.23. The topological polar surface area (TPSA) is 57.1 Å². The molecule has 0 saturated heterocycles. The van der Waals surface area contributed by atoms with Crippen LogP contribution in [0.4, 0.5) is 0 Å². The number of rotatable bonds is 6. The minimum absolute atomic E-state index is 0.225. The summed E-state index contributed by atoms with van der Waals surface area (Å²) in [5.74, 6) is 1.09. The van der Waals surface area contributed by atoms with Gasteiger partial charge < -0.3 is 14.2 Å². The average molecular weight is 420 g/mol. The Hall–Kier alpha value is -3.57. The third kappa shape index (κ3) is 4.70. The van der Waals surface area contributed by atoms with E-state index in [-0.39, 0.29) is 11.6 Å². The van der Waals surface area contributed by atoms with Crippen LogP contribution in [0, 0.1) is 0 Å². The van der Waals surface area contributed by atoms with Crippen LogP contribution < -0.4 is 9.47 Å². The molecule has 1 aliphatic rings. The van der Waals surface area contributed by atoms with E-state index in [4.69, 9.17) is 25.8 Å². The van der Waals surface area contributed by atoms with Crippen LogP contribution in [0.15, 0.2) is 83.5 Å². The Balaban J connectivity index is 1.51. The van der Waals surface area contributed by atoms with E-state index in [1.54, 1.807) is 19.3 Å². The smallest absolute Gasteiger partial charge is 0.363 e. The summed E-state index contributed by atoms with van der Waals surface area (Å²) in [6.07, 6.45) is 1.67. The summed E-state index contributed by atoms with van der Waals surface area (Å²) in [4.78, 5) is 16.6. The second-order valence-electron chi connectivity index (χ2n) is 6.56. The molecule has 3 aromatic carbocycles. The summed E-state index contributed by atoms with van der Waals surface area (Å²) in [7, 11) is 1.58. The maximum atomic E-state index is 12.3. The molecule has 0 atom stereocenters. The molecule has 0 unspecified atom stereocenters. The van der Waals surface area contributed by atoms with E-state index in [1.807, 2.05) is 66.7 Å². The quantitative estimate of drug-likeness (QED) is 0.403. The number of nitrogens with zero attached hydrogens (tertiary/aromatic N) is 1. The molecule has 4 rings (SSSR count). The number of benzene rings is 3. The normalized spacial score (nSPS) is 14.4. The second kappa shape index (κ2) is 8.84. The number of cyclic esters (lactones) is 1. The van der Waals surface area contributed by atoms with Gasteiger partial charge in [0.2, 0.25) is 5.90 Å². The minimum Gasteiger partial charge on any atom is -0.497 e. The predicted octanol–water partition coefficient (Wildman–Crippen LogP) is 5.27. The Morgan fingerprint density at radius 3 is 2.57 bits per heavy atom. The van der Waals surface area contributed by atoms with Gasteiger partial charge in [0.25, 0.3) is 0 Å². The van der Waals surface area contributed by atoms with Gasteiger partial charge in [-0.3, -0.25) is 0 Å². The lowest BCUT2D eigenvalue weighted by Crippen LogP contribution is -2.05. The van der Waals surface area contributed by atoms with Gasteiger partial charge in [-0.2, -0.15) is 0 Å². The van der Waals surface area contributed by atoms with Crippen LogP contribution in [0.1, 0.15) is 16.7 Å². The summed E-state index contributed by atoms with van der Waals surface area (Å²) in [6.45, 7) is 0.414. The molecule has 0 N–H and O–H groups in total. The Bertz CT molecular complexity index is 1140. The summed E-state index contributed by atoms with van der Waals surface area (Å²) >= 11 is 5.91. The summed E-state index contributed by atoms with van der Waals surface area (Å²) in [5.41, 5.74) is 2.69. The van der Waals surface area contributed by atoms with Crippen LogP contribution >= 0.6 is 11.6 Å². The molecular weight excluding hydrogens is 402 g/mol. The van der Waals surface area contributed by atoms with Gasteiger partial charge in [0, 0.05) is 10.6 Å². The molecule has 0 bridgehead atoms. The molecule has 1 heterocycles. The highest BCUT2D eigenvalue weighted by Gasteiger charge is 2.24. The third-order valence-electron chi connectivity index (χ3n) is 4.42. The summed E-state index contributed by atoms with van der Waals surface area (Å²) in [6, 6.07) is 22.1. The first-order valence-electron chi connectivity index (χ1n) is 9.25. The number of methoxy groups -OCH3 is 1. The van der Waals surface area contributed by atoms with Crippen LogP contribution in [0.2, 0.25) is 5.02 Å². The molecule has 3 aromatic rings. The lowest BCUT2D eigenvalue weighted by Gasteiger charge is -2.07. The van der Waals surface area contributed by atoms with Crippen LogP contribution in [-0.4, -0.2) is 19.0 Å².